The summed E-state index contributed by atoms with van der Waals surface area (Å²) in [5.41, 5.74) is 0.217. The summed E-state index contributed by atoms with van der Waals surface area (Å²) in [5, 5.41) is 3.42. The van der Waals surface area contributed by atoms with Crippen LogP contribution in [0.15, 0.2) is 0 Å². The monoisotopic (exact) mass is 253 g/mol. The van der Waals surface area contributed by atoms with Crippen LogP contribution in [-0.4, -0.2) is 54.1 Å². The Kier molecular flexibility index (Phi) is 3.70. The molecule has 0 aromatic heterocycles. The van der Waals surface area contributed by atoms with E-state index < -0.39 is 0 Å². The molecule has 0 radical (unpaired) electrons. The van der Waals surface area contributed by atoms with Gasteiger partial charge in [0.1, 0.15) is 0 Å². The second kappa shape index (κ2) is 4.82. The van der Waals surface area contributed by atoms with Gasteiger partial charge in [0.2, 0.25) is 5.91 Å². The average molecular weight is 253 g/mol. The van der Waals surface area contributed by atoms with Crippen LogP contribution in [0.2, 0.25) is 0 Å². The first-order chi connectivity index (χ1) is 8.37. The molecule has 1 N–H and O–H groups in total. The van der Waals surface area contributed by atoms with E-state index in [4.69, 9.17) is 0 Å². The van der Waals surface area contributed by atoms with Gasteiger partial charge in [0.25, 0.3) is 0 Å². The first-order valence-corrected chi connectivity index (χ1v) is 7.11. The Bertz CT molecular complexity index is 323. The SMILES string of the molecule is CC1NC(C(C)C)N(CC2(N(C)C)CCC2)C1=O. The molecule has 0 aromatic rings. The zero-order valence-electron chi connectivity index (χ0n) is 12.4. The molecule has 104 valence electrons. The number of nitrogens with one attached hydrogen (secondary N) is 1. The molecule has 2 fully saturated rings. The van der Waals surface area contributed by atoms with Gasteiger partial charge >= 0.3 is 0 Å². The molecule has 0 spiro atoms. The number of likely N-dealkylation sites (N-methyl/N-ethyl adjacent to an activating group) is 1. The molecule has 1 heterocycles. The van der Waals surface area contributed by atoms with E-state index in [-0.39, 0.29) is 23.7 Å². The van der Waals surface area contributed by atoms with Crippen LogP contribution in [0.3, 0.4) is 0 Å². The lowest BCUT2D eigenvalue weighted by Crippen LogP contribution is -2.59. The van der Waals surface area contributed by atoms with E-state index in [1.165, 1.54) is 19.3 Å². The number of hydrogen-bond donors (Lipinski definition) is 1. The standard InChI is InChI=1S/C14H27N3O/c1-10(2)12-15-11(3)13(18)17(12)9-14(16(4)5)7-6-8-14/h10-12,15H,6-9H2,1-5H3. The van der Waals surface area contributed by atoms with Gasteiger partial charge in [-0.05, 0) is 46.2 Å². The molecule has 2 aliphatic rings. The lowest BCUT2D eigenvalue weighted by molar-refractivity contribution is -0.133. The van der Waals surface area contributed by atoms with E-state index in [2.05, 4.69) is 43.1 Å². The number of carbonyl (C=O) groups is 1. The van der Waals surface area contributed by atoms with Crippen molar-refractivity contribution in [3.63, 3.8) is 0 Å². The Morgan fingerprint density at radius 2 is 2.06 bits per heavy atom. The highest BCUT2D eigenvalue weighted by Gasteiger charge is 2.46. The second-order valence-electron chi connectivity index (χ2n) is 6.52. The number of carbonyl (C=O) groups excluding carboxylic acids is 1. The van der Waals surface area contributed by atoms with E-state index in [9.17, 15) is 4.79 Å². The van der Waals surface area contributed by atoms with Gasteiger partial charge in [0, 0.05) is 12.1 Å². The molecule has 18 heavy (non-hydrogen) atoms. The minimum atomic E-state index is -0.0308. The molecule has 4 nitrogen and oxygen atoms in total. The van der Waals surface area contributed by atoms with Crippen molar-refractivity contribution in [1.29, 1.82) is 0 Å². The minimum Gasteiger partial charge on any atom is -0.324 e. The fraction of sp³-hybridized carbons (Fsp3) is 0.929. The highest BCUT2D eigenvalue weighted by molar-refractivity contribution is 5.84. The van der Waals surface area contributed by atoms with Crippen molar-refractivity contribution in [1.82, 2.24) is 15.1 Å². The first-order valence-electron chi connectivity index (χ1n) is 7.11. The van der Waals surface area contributed by atoms with Crippen molar-refractivity contribution in [3.8, 4) is 0 Å². The van der Waals surface area contributed by atoms with Crippen LogP contribution in [0, 0.1) is 5.92 Å². The average Bonchev–Trinajstić information content (AvgIpc) is 2.50. The maximum absolute atomic E-state index is 12.3. The molecule has 2 atom stereocenters. The fourth-order valence-corrected chi connectivity index (χ4v) is 3.18. The predicted octanol–water partition coefficient (Wildman–Crippen LogP) is 1.27. The van der Waals surface area contributed by atoms with Crippen LogP contribution in [0.4, 0.5) is 0 Å². The molecule has 1 saturated carbocycles. The van der Waals surface area contributed by atoms with E-state index in [1.807, 2.05) is 6.92 Å². The smallest absolute Gasteiger partial charge is 0.240 e. The molecule has 0 aromatic carbocycles. The molecule has 4 heteroatoms. The van der Waals surface area contributed by atoms with Gasteiger partial charge in [-0.15, -0.1) is 0 Å². The lowest BCUT2D eigenvalue weighted by Gasteiger charge is -2.50. The third-order valence-electron chi connectivity index (χ3n) is 4.74. The van der Waals surface area contributed by atoms with E-state index in [0.717, 1.165) is 6.54 Å². The van der Waals surface area contributed by atoms with Crippen molar-refractivity contribution in [2.24, 2.45) is 5.92 Å². The van der Waals surface area contributed by atoms with Crippen molar-refractivity contribution in [3.05, 3.63) is 0 Å². The van der Waals surface area contributed by atoms with Crippen LogP contribution >= 0.6 is 0 Å². The molecule has 1 saturated heterocycles. The summed E-state index contributed by atoms with van der Waals surface area (Å²) in [5.74, 6) is 0.722. The molecule has 1 amide bonds. The van der Waals surface area contributed by atoms with E-state index >= 15 is 0 Å². The maximum Gasteiger partial charge on any atom is 0.240 e. The highest BCUT2D eigenvalue weighted by Crippen LogP contribution is 2.38. The van der Waals surface area contributed by atoms with E-state index in [0.29, 0.717) is 5.92 Å². The summed E-state index contributed by atoms with van der Waals surface area (Å²) in [7, 11) is 4.28. The molecular formula is C14H27N3O. The Hall–Kier alpha value is -0.610. The zero-order chi connectivity index (χ0) is 13.5. The lowest BCUT2D eigenvalue weighted by atomic mass is 9.75. The summed E-state index contributed by atoms with van der Waals surface area (Å²) in [6.07, 6.45) is 3.91. The molecule has 1 aliphatic heterocycles. The molecule has 1 aliphatic carbocycles. The zero-order valence-corrected chi connectivity index (χ0v) is 12.4. The van der Waals surface area contributed by atoms with Gasteiger partial charge in [-0.3, -0.25) is 10.1 Å². The van der Waals surface area contributed by atoms with Gasteiger partial charge in [-0.2, -0.15) is 0 Å². The van der Waals surface area contributed by atoms with Crippen molar-refractivity contribution >= 4 is 5.91 Å². The number of hydrogen-bond acceptors (Lipinski definition) is 3. The molecule has 2 rings (SSSR count). The van der Waals surface area contributed by atoms with Crippen molar-refractivity contribution in [2.75, 3.05) is 20.6 Å². The summed E-state index contributed by atoms with van der Waals surface area (Å²) in [6.45, 7) is 7.21. The fourth-order valence-electron chi connectivity index (χ4n) is 3.18. The number of nitrogens with zero attached hydrogens (tertiary/aromatic N) is 2. The Morgan fingerprint density at radius 1 is 1.44 bits per heavy atom. The summed E-state index contributed by atoms with van der Waals surface area (Å²) in [4.78, 5) is 16.7. The van der Waals surface area contributed by atoms with Crippen LogP contribution in [0.5, 0.6) is 0 Å². The third-order valence-corrected chi connectivity index (χ3v) is 4.74. The summed E-state index contributed by atoms with van der Waals surface area (Å²) >= 11 is 0. The topological polar surface area (TPSA) is 35.6 Å². The van der Waals surface area contributed by atoms with Gasteiger partial charge in [0.15, 0.2) is 0 Å². The highest BCUT2D eigenvalue weighted by atomic mass is 16.2. The van der Waals surface area contributed by atoms with Gasteiger partial charge < -0.3 is 9.80 Å². The van der Waals surface area contributed by atoms with Crippen LogP contribution < -0.4 is 5.32 Å². The van der Waals surface area contributed by atoms with Crippen LogP contribution in [-0.2, 0) is 4.79 Å². The third kappa shape index (κ3) is 2.16. The van der Waals surface area contributed by atoms with Crippen molar-refractivity contribution in [2.45, 2.75) is 57.8 Å². The Balaban J connectivity index is 2.13. The molecular weight excluding hydrogens is 226 g/mol. The Morgan fingerprint density at radius 3 is 2.44 bits per heavy atom. The maximum atomic E-state index is 12.3. The minimum absolute atomic E-state index is 0.0308. The van der Waals surface area contributed by atoms with Crippen molar-refractivity contribution < 1.29 is 4.79 Å². The Labute approximate surface area is 111 Å². The normalized spacial score (nSPS) is 31.3. The van der Waals surface area contributed by atoms with Crippen LogP contribution in [0.1, 0.15) is 40.0 Å². The number of amides is 1. The molecule has 0 bridgehead atoms. The molecule has 2 unspecified atom stereocenters. The second-order valence-corrected chi connectivity index (χ2v) is 6.52. The van der Waals surface area contributed by atoms with E-state index in [1.54, 1.807) is 0 Å². The van der Waals surface area contributed by atoms with Gasteiger partial charge in [-0.1, -0.05) is 13.8 Å². The summed E-state index contributed by atoms with van der Waals surface area (Å²) < 4.78 is 0. The number of rotatable bonds is 4. The summed E-state index contributed by atoms with van der Waals surface area (Å²) in [6, 6.07) is -0.0308. The largest absolute Gasteiger partial charge is 0.324 e. The predicted molar refractivity (Wildman–Crippen MR) is 73.2 cm³/mol. The van der Waals surface area contributed by atoms with Gasteiger partial charge in [0.05, 0.1) is 12.2 Å². The van der Waals surface area contributed by atoms with Gasteiger partial charge in [-0.25, -0.2) is 0 Å². The first kappa shape index (κ1) is 13.8. The van der Waals surface area contributed by atoms with Crippen LogP contribution in [0.25, 0.3) is 0 Å². The quantitative estimate of drug-likeness (QED) is 0.819.